The van der Waals surface area contributed by atoms with E-state index in [0.29, 0.717) is 12.1 Å². The van der Waals surface area contributed by atoms with Crippen molar-refractivity contribution in [2.75, 3.05) is 0 Å². The first kappa shape index (κ1) is 15.9. The second-order valence-electron chi connectivity index (χ2n) is 5.76. The molecule has 2 aromatic carbocycles. The number of nitrogens with zero attached hydrogens (tertiary/aromatic N) is 5. The van der Waals surface area contributed by atoms with E-state index >= 15 is 0 Å². The van der Waals surface area contributed by atoms with Gasteiger partial charge in [0.05, 0.1) is 42.2 Å². The summed E-state index contributed by atoms with van der Waals surface area (Å²) in [4.78, 5) is 23.0. The molecule has 0 bridgehead atoms. The molecule has 0 spiro atoms. The van der Waals surface area contributed by atoms with Crippen molar-refractivity contribution in [2.24, 2.45) is 0 Å². The molecule has 7 nitrogen and oxygen atoms in total. The fraction of sp³-hybridized carbons (Fsp3) is 0.105. The molecular weight excluding hydrogens is 328 g/mol. The van der Waals surface area contributed by atoms with Crippen LogP contribution in [-0.4, -0.2) is 30.9 Å². The van der Waals surface area contributed by atoms with Gasteiger partial charge in [0.1, 0.15) is 5.69 Å². The number of benzene rings is 2. The number of rotatable bonds is 5. The van der Waals surface area contributed by atoms with E-state index in [1.165, 1.54) is 6.20 Å². The molecule has 128 valence electrons. The van der Waals surface area contributed by atoms with Gasteiger partial charge in [0.25, 0.3) is 5.91 Å². The molecule has 2 heterocycles. The molecule has 0 fully saturated rings. The van der Waals surface area contributed by atoms with Crippen LogP contribution in [0, 0.1) is 0 Å². The molecule has 0 aliphatic rings. The molecule has 0 saturated carbocycles. The third-order valence-corrected chi connectivity index (χ3v) is 4.00. The van der Waals surface area contributed by atoms with E-state index in [-0.39, 0.29) is 17.6 Å². The van der Waals surface area contributed by atoms with E-state index < -0.39 is 0 Å². The number of aromatic nitrogens is 5. The van der Waals surface area contributed by atoms with Gasteiger partial charge in [0, 0.05) is 0 Å². The van der Waals surface area contributed by atoms with Gasteiger partial charge >= 0.3 is 0 Å². The highest BCUT2D eigenvalue weighted by Gasteiger charge is 2.18. The lowest BCUT2D eigenvalue weighted by Crippen LogP contribution is -2.32. The standard InChI is InChI=1S/C19H16N6O/c26-19(17-12-20-15-8-4-5-9-16(15)23-17)24-18(13-25-21-10-11-22-25)14-6-2-1-3-7-14/h1-12,18H,13H2,(H,24,26). The Morgan fingerprint density at radius 2 is 1.65 bits per heavy atom. The highest BCUT2D eigenvalue weighted by atomic mass is 16.2. The van der Waals surface area contributed by atoms with Crippen LogP contribution < -0.4 is 5.32 Å². The van der Waals surface area contributed by atoms with Gasteiger partial charge in [-0.2, -0.15) is 15.0 Å². The highest BCUT2D eigenvalue weighted by Crippen LogP contribution is 2.15. The molecule has 4 aromatic rings. The zero-order valence-corrected chi connectivity index (χ0v) is 13.9. The van der Waals surface area contributed by atoms with Gasteiger partial charge in [-0.15, -0.1) is 0 Å². The van der Waals surface area contributed by atoms with Crippen LogP contribution in [0.15, 0.2) is 73.2 Å². The summed E-state index contributed by atoms with van der Waals surface area (Å²) in [5.41, 5.74) is 2.68. The van der Waals surface area contributed by atoms with Crippen molar-refractivity contribution < 1.29 is 4.79 Å². The topological polar surface area (TPSA) is 85.6 Å². The Labute approximate surface area is 149 Å². The zero-order valence-electron chi connectivity index (χ0n) is 13.9. The van der Waals surface area contributed by atoms with E-state index in [1.807, 2.05) is 54.6 Å². The summed E-state index contributed by atoms with van der Waals surface area (Å²) in [6.07, 6.45) is 4.71. The molecule has 26 heavy (non-hydrogen) atoms. The van der Waals surface area contributed by atoms with E-state index in [2.05, 4.69) is 25.5 Å². The Morgan fingerprint density at radius 1 is 0.962 bits per heavy atom. The van der Waals surface area contributed by atoms with Gasteiger partial charge in [-0.05, 0) is 17.7 Å². The molecule has 1 N–H and O–H groups in total. The monoisotopic (exact) mass is 344 g/mol. The largest absolute Gasteiger partial charge is 0.342 e. The molecule has 0 radical (unpaired) electrons. The minimum atomic E-state index is -0.288. The Bertz CT molecular complexity index is 1020. The lowest BCUT2D eigenvalue weighted by molar-refractivity contribution is 0.0925. The molecule has 7 heteroatoms. The van der Waals surface area contributed by atoms with Gasteiger partial charge in [0.15, 0.2) is 0 Å². The number of amides is 1. The van der Waals surface area contributed by atoms with E-state index in [4.69, 9.17) is 0 Å². The van der Waals surface area contributed by atoms with E-state index in [9.17, 15) is 4.79 Å². The second kappa shape index (κ2) is 7.10. The van der Waals surface area contributed by atoms with Crippen molar-refractivity contribution in [3.8, 4) is 0 Å². The quantitative estimate of drug-likeness (QED) is 0.601. The van der Waals surface area contributed by atoms with Gasteiger partial charge in [0.2, 0.25) is 0 Å². The average Bonchev–Trinajstić information content (AvgIpc) is 3.21. The molecule has 1 unspecified atom stereocenters. The van der Waals surface area contributed by atoms with Crippen molar-refractivity contribution in [1.29, 1.82) is 0 Å². The summed E-state index contributed by atoms with van der Waals surface area (Å²) in [5, 5.41) is 11.3. The number of carbonyl (C=O) groups excluding carboxylic acids is 1. The van der Waals surface area contributed by atoms with E-state index in [0.717, 1.165) is 11.1 Å². The predicted molar refractivity (Wildman–Crippen MR) is 96.2 cm³/mol. The molecule has 2 aromatic heterocycles. The van der Waals surface area contributed by atoms with Crippen molar-refractivity contribution in [3.63, 3.8) is 0 Å². The lowest BCUT2D eigenvalue weighted by Gasteiger charge is -2.18. The fourth-order valence-corrected chi connectivity index (χ4v) is 2.72. The van der Waals surface area contributed by atoms with Crippen LogP contribution in [0.1, 0.15) is 22.1 Å². The van der Waals surface area contributed by atoms with Crippen LogP contribution in [0.3, 0.4) is 0 Å². The van der Waals surface area contributed by atoms with Crippen LogP contribution in [0.2, 0.25) is 0 Å². The number of fused-ring (bicyclic) bond motifs is 1. The van der Waals surface area contributed by atoms with Gasteiger partial charge < -0.3 is 5.32 Å². The molecule has 0 aliphatic heterocycles. The van der Waals surface area contributed by atoms with Gasteiger partial charge in [-0.1, -0.05) is 42.5 Å². The summed E-state index contributed by atoms with van der Waals surface area (Å²) >= 11 is 0. The summed E-state index contributed by atoms with van der Waals surface area (Å²) < 4.78 is 0. The van der Waals surface area contributed by atoms with Crippen LogP contribution in [0.25, 0.3) is 11.0 Å². The SMILES string of the molecule is O=C(NC(Cn1nccn1)c1ccccc1)c1cnc2ccccc2n1. The van der Waals surface area contributed by atoms with Crippen molar-refractivity contribution in [3.05, 3.63) is 84.4 Å². The smallest absolute Gasteiger partial charge is 0.272 e. The maximum absolute atomic E-state index is 12.7. The Balaban J connectivity index is 1.60. The van der Waals surface area contributed by atoms with Crippen LogP contribution in [0.4, 0.5) is 0 Å². The third kappa shape index (κ3) is 3.41. The second-order valence-corrected chi connectivity index (χ2v) is 5.76. The van der Waals surface area contributed by atoms with Crippen molar-refractivity contribution >= 4 is 16.9 Å². The molecule has 1 atom stereocenters. The Hall–Kier alpha value is -3.61. The Morgan fingerprint density at radius 3 is 2.42 bits per heavy atom. The highest BCUT2D eigenvalue weighted by molar-refractivity contribution is 5.94. The predicted octanol–water partition coefficient (Wildman–Crippen LogP) is 2.39. The summed E-state index contributed by atoms with van der Waals surface area (Å²) in [6.45, 7) is 0.420. The molecule has 0 aliphatic carbocycles. The molecule has 1 amide bonds. The van der Waals surface area contributed by atoms with E-state index in [1.54, 1.807) is 17.2 Å². The first-order valence-corrected chi connectivity index (χ1v) is 8.21. The normalized spacial score (nSPS) is 12.0. The number of hydrogen-bond acceptors (Lipinski definition) is 5. The first-order valence-electron chi connectivity index (χ1n) is 8.21. The minimum absolute atomic E-state index is 0.276. The fourth-order valence-electron chi connectivity index (χ4n) is 2.72. The summed E-state index contributed by atoms with van der Waals surface area (Å²) in [5.74, 6) is -0.288. The van der Waals surface area contributed by atoms with Crippen LogP contribution >= 0.6 is 0 Å². The zero-order chi connectivity index (χ0) is 17.8. The van der Waals surface area contributed by atoms with Crippen LogP contribution in [-0.2, 0) is 6.54 Å². The molecule has 4 rings (SSSR count). The number of para-hydroxylation sites is 2. The third-order valence-electron chi connectivity index (χ3n) is 4.00. The maximum Gasteiger partial charge on any atom is 0.272 e. The van der Waals surface area contributed by atoms with Gasteiger partial charge in [-0.3, -0.25) is 9.78 Å². The van der Waals surface area contributed by atoms with Crippen molar-refractivity contribution in [2.45, 2.75) is 12.6 Å². The maximum atomic E-state index is 12.7. The summed E-state index contributed by atoms with van der Waals surface area (Å²) in [7, 11) is 0. The average molecular weight is 344 g/mol. The number of hydrogen-bond donors (Lipinski definition) is 1. The number of nitrogens with one attached hydrogen (secondary N) is 1. The molecular formula is C19H16N6O. The first-order chi connectivity index (χ1) is 12.8. The van der Waals surface area contributed by atoms with Gasteiger partial charge in [-0.25, -0.2) is 4.98 Å². The Kier molecular flexibility index (Phi) is 4.34. The van der Waals surface area contributed by atoms with Crippen LogP contribution in [0.5, 0.6) is 0 Å². The molecule has 0 saturated heterocycles. The number of carbonyl (C=O) groups is 1. The summed E-state index contributed by atoms with van der Waals surface area (Å²) in [6, 6.07) is 16.9. The minimum Gasteiger partial charge on any atom is -0.342 e. The lowest BCUT2D eigenvalue weighted by atomic mass is 10.1. The van der Waals surface area contributed by atoms with Crippen molar-refractivity contribution in [1.82, 2.24) is 30.3 Å².